The number of para-hydroxylation sites is 2. The van der Waals surface area contributed by atoms with Crippen molar-refractivity contribution in [3.8, 4) is 11.3 Å². The first-order chi connectivity index (χ1) is 15.2. The van der Waals surface area contributed by atoms with Crippen LogP contribution in [0.4, 0.5) is 0 Å². The normalized spacial score (nSPS) is 12.2. The number of benzene rings is 4. The van der Waals surface area contributed by atoms with Crippen molar-refractivity contribution in [3.63, 3.8) is 0 Å². The van der Waals surface area contributed by atoms with Gasteiger partial charge in [0.05, 0.1) is 21.5 Å². The third-order valence-electron chi connectivity index (χ3n) is 6.94. The number of pyridine rings is 1. The Hall–Kier alpha value is -3.91. The molecule has 0 aliphatic carbocycles. The Morgan fingerprint density at radius 1 is 0.645 bits per heavy atom. The molecule has 0 saturated heterocycles. The van der Waals surface area contributed by atoms with E-state index in [4.69, 9.17) is 0 Å². The van der Waals surface area contributed by atoms with E-state index in [0.717, 1.165) is 0 Å². The topological polar surface area (TPSA) is 9.03 Å². The smallest absolute Gasteiger partial charge is 0.228 e. The van der Waals surface area contributed by atoms with Crippen LogP contribution in [-0.4, -0.2) is 4.57 Å². The molecule has 2 nitrogen and oxygen atoms in total. The lowest BCUT2D eigenvalue weighted by atomic mass is 10.00. The number of hydrogen-bond acceptors (Lipinski definition) is 0. The molecule has 31 heavy (non-hydrogen) atoms. The van der Waals surface area contributed by atoms with Crippen molar-refractivity contribution < 1.29 is 4.40 Å². The first-order valence-electron chi connectivity index (χ1n) is 10.8. The summed E-state index contributed by atoms with van der Waals surface area (Å²) in [6.45, 7) is 2.19. The number of rotatable bonds is 1. The molecule has 3 aromatic heterocycles. The highest BCUT2D eigenvalue weighted by molar-refractivity contribution is 6.27. The number of fused-ring (bicyclic) bond motifs is 8. The van der Waals surface area contributed by atoms with E-state index in [2.05, 4.69) is 114 Å². The van der Waals surface area contributed by atoms with Crippen LogP contribution >= 0.6 is 0 Å². The summed E-state index contributed by atoms with van der Waals surface area (Å²) in [4.78, 5) is 0. The molecular weight excluding hydrogens is 376 g/mol. The van der Waals surface area contributed by atoms with E-state index in [9.17, 15) is 0 Å². The highest BCUT2D eigenvalue weighted by Gasteiger charge is 2.28. The average Bonchev–Trinajstić information content (AvgIpc) is 3.32. The van der Waals surface area contributed by atoms with Gasteiger partial charge in [0.1, 0.15) is 0 Å². The van der Waals surface area contributed by atoms with Crippen LogP contribution in [0.1, 0.15) is 5.56 Å². The Balaban J connectivity index is 1.75. The third kappa shape index (κ3) is 2.04. The van der Waals surface area contributed by atoms with Gasteiger partial charge in [0.15, 0.2) is 0 Å². The molecule has 0 unspecified atom stereocenters. The second-order valence-electron chi connectivity index (χ2n) is 8.54. The van der Waals surface area contributed by atoms with E-state index < -0.39 is 0 Å². The first-order valence-corrected chi connectivity index (χ1v) is 10.8. The summed E-state index contributed by atoms with van der Waals surface area (Å²) in [6, 6.07) is 33.2. The van der Waals surface area contributed by atoms with E-state index in [0.29, 0.717) is 0 Å². The zero-order valence-corrected chi connectivity index (χ0v) is 17.6. The molecule has 0 saturated carbocycles. The van der Waals surface area contributed by atoms with Gasteiger partial charge in [0.25, 0.3) is 0 Å². The van der Waals surface area contributed by atoms with E-state index in [1.807, 2.05) is 0 Å². The van der Waals surface area contributed by atoms with Crippen molar-refractivity contribution in [1.82, 2.24) is 4.57 Å². The molecule has 2 heteroatoms. The lowest BCUT2D eigenvalue weighted by Crippen LogP contribution is -2.16. The maximum Gasteiger partial charge on any atom is 0.228 e. The molecule has 0 spiro atoms. The summed E-state index contributed by atoms with van der Waals surface area (Å²) in [7, 11) is 2.20. The Morgan fingerprint density at radius 3 is 2.13 bits per heavy atom. The molecule has 3 heterocycles. The van der Waals surface area contributed by atoms with Gasteiger partial charge in [-0.1, -0.05) is 48.5 Å². The molecular formula is C29H21N2+. The molecule has 4 aromatic carbocycles. The standard InChI is InChI=1S/C29H21N2/c1-18-9-3-4-10-19(18)24-16-15-22-27(30(24)2)17-23-20-11-5-7-13-25(20)31-26-14-8-6-12-21(26)28(22)29(23)31/h3-17H,1-2H3/q+1. The van der Waals surface area contributed by atoms with Gasteiger partial charge in [-0.15, -0.1) is 0 Å². The van der Waals surface area contributed by atoms with Crippen LogP contribution in [0.2, 0.25) is 0 Å². The number of nitrogens with zero attached hydrogens (tertiary/aromatic N) is 2. The van der Waals surface area contributed by atoms with Gasteiger partial charge in [-0.05, 0) is 42.8 Å². The van der Waals surface area contributed by atoms with Crippen molar-refractivity contribution in [1.29, 1.82) is 0 Å². The van der Waals surface area contributed by atoms with Gasteiger partial charge in [-0.25, -0.2) is 0 Å². The van der Waals surface area contributed by atoms with Crippen LogP contribution in [0.15, 0.2) is 91.0 Å². The fourth-order valence-corrected chi connectivity index (χ4v) is 5.51. The number of hydrogen-bond donors (Lipinski definition) is 0. The second kappa shape index (κ2) is 5.83. The molecule has 146 valence electrons. The van der Waals surface area contributed by atoms with Crippen molar-refractivity contribution in [2.75, 3.05) is 0 Å². The molecule has 0 fully saturated rings. The van der Waals surface area contributed by atoms with E-state index in [1.165, 1.54) is 65.8 Å². The maximum absolute atomic E-state index is 2.45. The van der Waals surface area contributed by atoms with Gasteiger partial charge in [-0.2, -0.15) is 4.40 Å². The largest absolute Gasteiger partial charge is 0.344 e. The predicted octanol–water partition coefficient (Wildman–Crippen LogP) is 6.79. The van der Waals surface area contributed by atoms with Crippen molar-refractivity contribution in [2.24, 2.45) is 7.05 Å². The Bertz CT molecular complexity index is 1800. The van der Waals surface area contributed by atoms with Crippen LogP contribution in [0, 0.1) is 6.92 Å². The van der Waals surface area contributed by atoms with Gasteiger partial charge in [0, 0.05) is 41.3 Å². The molecule has 0 atom stereocenters. The molecule has 0 bridgehead atoms. The van der Waals surface area contributed by atoms with Crippen molar-refractivity contribution in [3.05, 3.63) is 96.6 Å². The summed E-state index contributed by atoms with van der Waals surface area (Å²) in [5, 5.41) is 6.62. The minimum atomic E-state index is 1.24. The molecule has 0 N–H and O–H groups in total. The number of aromatic nitrogens is 2. The Kier molecular flexibility index (Phi) is 3.17. The van der Waals surface area contributed by atoms with Crippen LogP contribution in [0.25, 0.3) is 60.3 Å². The summed E-state index contributed by atoms with van der Waals surface area (Å²) < 4.78 is 4.81. The fraction of sp³-hybridized carbons (Fsp3) is 0.0690. The zero-order chi connectivity index (χ0) is 20.7. The van der Waals surface area contributed by atoms with Crippen LogP contribution in [0.3, 0.4) is 0 Å². The predicted molar refractivity (Wildman–Crippen MR) is 130 cm³/mol. The third-order valence-corrected chi connectivity index (χ3v) is 6.94. The lowest BCUT2D eigenvalue weighted by molar-refractivity contribution is -0.444. The summed E-state index contributed by atoms with van der Waals surface area (Å²) >= 11 is 0. The second-order valence-corrected chi connectivity index (χ2v) is 8.54. The van der Waals surface area contributed by atoms with Gasteiger partial charge < -0.3 is 4.57 Å². The van der Waals surface area contributed by atoms with Crippen molar-refractivity contribution >= 4 is 49.0 Å². The number of aryl methyl sites for hydroxylation is 2. The average molecular weight is 398 g/mol. The van der Waals surface area contributed by atoms with Gasteiger partial charge in [-0.3, -0.25) is 0 Å². The van der Waals surface area contributed by atoms with Gasteiger partial charge >= 0.3 is 0 Å². The molecule has 7 aromatic rings. The molecule has 0 radical (unpaired) electrons. The minimum Gasteiger partial charge on any atom is -0.344 e. The van der Waals surface area contributed by atoms with Crippen LogP contribution in [-0.2, 0) is 7.05 Å². The summed E-state index contributed by atoms with van der Waals surface area (Å²) in [5.74, 6) is 0. The van der Waals surface area contributed by atoms with E-state index in [-0.39, 0.29) is 0 Å². The first kappa shape index (κ1) is 16.8. The molecule has 7 rings (SSSR count). The fourth-order valence-electron chi connectivity index (χ4n) is 5.51. The molecule has 0 amide bonds. The monoisotopic (exact) mass is 397 g/mol. The van der Waals surface area contributed by atoms with E-state index in [1.54, 1.807) is 0 Å². The quantitative estimate of drug-likeness (QED) is 0.270. The summed E-state index contributed by atoms with van der Waals surface area (Å²) in [6.07, 6.45) is 0. The van der Waals surface area contributed by atoms with Crippen molar-refractivity contribution in [2.45, 2.75) is 6.92 Å². The highest BCUT2D eigenvalue weighted by atomic mass is 14.9. The molecule has 0 aliphatic heterocycles. The Morgan fingerprint density at radius 2 is 1.32 bits per heavy atom. The maximum atomic E-state index is 2.45. The van der Waals surface area contributed by atoms with Crippen LogP contribution < -0.4 is 4.40 Å². The minimum absolute atomic E-state index is 1.24. The zero-order valence-electron chi connectivity index (χ0n) is 17.6. The molecule has 0 aliphatic rings. The van der Waals surface area contributed by atoms with Crippen LogP contribution in [0.5, 0.6) is 0 Å². The lowest BCUT2D eigenvalue weighted by Gasteiger charge is -2.15. The summed E-state index contributed by atoms with van der Waals surface area (Å²) in [5.41, 5.74) is 8.98. The SMILES string of the molecule is Cc1ccccc1-c1ccc2c3c4ccccc4[n+]4c5ccccc5c(cc2n1C)c34. The highest BCUT2D eigenvalue weighted by Crippen LogP contribution is 2.39. The Labute approximate surface area is 179 Å². The van der Waals surface area contributed by atoms with E-state index >= 15 is 0 Å². The van der Waals surface area contributed by atoms with Gasteiger partial charge in [0.2, 0.25) is 16.6 Å².